The maximum atomic E-state index is 5.89. The Bertz CT molecular complexity index is 573. The van der Waals surface area contributed by atoms with Gasteiger partial charge in [0.15, 0.2) is 5.82 Å². The van der Waals surface area contributed by atoms with Gasteiger partial charge in [0.2, 0.25) is 5.89 Å². The molecule has 0 radical (unpaired) electrons. The molecule has 2 aromatic rings. The van der Waals surface area contributed by atoms with Crippen LogP contribution in [0, 0.1) is 5.92 Å². The average Bonchev–Trinajstić information content (AvgIpc) is 2.98. The Labute approximate surface area is 129 Å². The molecular weight excluding hydrogens is 286 g/mol. The summed E-state index contributed by atoms with van der Waals surface area (Å²) in [6, 6.07) is 7.74. The number of nitrogens with two attached hydrogens (primary N) is 1. The van der Waals surface area contributed by atoms with Crippen molar-refractivity contribution in [1.29, 1.82) is 0 Å². The fraction of sp³-hybridized carbons (Fsp3) is 0.500. The smallest absolute Gasteiger partial charge is 0.229 e. The molecule has 112 valence electrons. The van der Waals surface area contributed by atoms with Crippen molar-refractivity contribution >= 4 is 11.6 Å². The van der Waals surface area contributed by atoms with Crippen molar-refractivity contribution in [2.75, 3.05) is 6.54 Å². The van der Waals surface area contributed by atoms with E-state index in [1.807, 2.05) is 24.3 Å². The second-order valence-corrected chi connectivity index (χ2v) is 6.24. The van der Waals surface area contributed by atoms with E-state index in [-0.39, 0.29) is 0 Å². The molecule has 0 spiro atoms. The molecule has 0 unspecified atom stereocenters. The van der Waals surface area contributed by atoms with E-state index >= 15 is 0 Å². The zero-order valence-electron chi connectivity index (χ0n) is 12.0. The van der Waals surface area contributed by atoms with Gasteiger partial charge in [0, 0.05) is 17.4 Å². The highest BCUT2D eigenvalue weighted by Crippen LogP contribution is 2.34. The second kappa shape index (κ2) is 6.58. The molecule has 1 heterocycles. The van der Waals surface area contributed by atoms with Crippen LogP contribution in [0.5, 0.6) is 0 Å². The van der Waals surface area contributed by atoms with Gasteiger partial charge >= 0.3 is 0 Å². The monoisotopic (exact) mass is 305 g/mol. The fourth-order valence-electron chi connectivity index (χ4n) is 2.94. The van der Waals surface area contributed by atoms with Gasteiger partial charge in [-0.05, 0) is 55.8 Å². The summed E-state index contributed by atoms with van der Waals surface area (Å²) in [4.78, 5) is 4.56. The van der Waals surface area contributed by atoms with Crippen LogP contribution in [-0.2, 0) is 6.42 Å². The lowest BCUT2D eigenvalue weighted by Crippen LogP contribution is -2.20. The van der Waals surface area contributed by atoms with Crippen molar-refractivity contribution in [2.45, 2.75) is 38.0 Å². The van der Waals surface area contributed by atoms with Crippen molar-refractivity contribution in [3.63, 3.8) is 0 Å². The molecule has 0 aliphatic heterocycles. The first-order valence-electron chi connectivity index (χ1n) is 7.51. The predicted octanol–water partition coefficient (Wildman–Crippen LogP) is 3.55. The summed E-state index contributed by atoms with van der Waals surface area (Å²) in [6.45, 7) is 0.790. The van der Waals surface area contributed by atoms with E-state index in [1.54, 1.807) is 0 Å². The van der Waals surface area contributed by atoms with Gasteiger partial charge in [0.25, 0.3) is 0 Å². The first kappa shape index (κ1) is 14.5. The van der Waals surface area contributed by atoms with E-state index in [9.17, 15) is 0 Å². The molecule has 2 N–H and O–H groups in total. The molecule has 1 aromatic heterocycles. The van der Waals surface area contributed by atoms with Gasteiger partial charge in [0.05, 0.1) is 0 Å². The van der Waals surface area contributed by atoms with Crippen LogP contribution in [0.2, 0.25) is 5.02 Å². The van der Waals surface area contributed by atoms with E-state index in [1.165, 1.54) is 0 Å². The van der Waals surface area contributed by atoms with Crippen molar-refractivity contribution in [1.82, 2.24) is 10.1 Å². The number of aromatic nitrogens is 2. The first-order chi connectivity index (χ1) is 10.2. The zero-order chi connectivity index (χ0) is 14.7. The largest absolute Gasteiger partial charge is 0.339 e. The van der Waals surface area contributed by atoms with Crippen LogP contribution < -0.4 is 5.73 Å². The number of benzene rings is 1. The van der Waals surface area contributed by atoms with Crippen LogP contribution in [0.25, 0.3) is 0 Å². The molecule has 1 aromatic carbocycles. The Morgan fingerprint density at radius 3 is 2.52 bits per heavy atom. The summed E-state index contributed by atoms with van der Waals surface area (Å²) in [5.41, 5.74) is 6.86. The lowest BCUT2D eigenvalue weighted by Gasteiger charge is -2.24. The van der Waals surface area contributed by atoms with E-state index in [0.29, 0.717) is 18.3 Å². The minimum atomic E-state index is 0.402. The van der Waals surface area contributed by atoms with Gasteiger partial charge in [-0.15, -0.1) is 0 Å². The number of halogens is 1. The summed E-state index contributed by atoms with van der Waals surface area (Å²) < 4.78 is 5.45. The molecule has 0 bridgehead atoms. The second-order valence-electron chi connectivity index (χ2n) is 5.81. The third kappa shape index (κ3) is 3.63. The third-order valence-electron chi connectivity index (χ3n) is 4.29. The van der Waals surface area contributed by atoms with Crippen LogP contribution in [0.15, 0.2) is 28.8 Å². The number of nitrogens with zero attached hydrogens (tertiary/aromatic N) is 2. The van der Waals surface area contributed by atoms with Gasteiger partial charge in [-0.2, -0.15) is 4.98 Å². The molecule has 0 atom stereocenters. The maximum Gasteiger partial charge on any atom is 0.229 e. The molecular formula is C16H20ClN3O. The van der Waals surface area contributed by atoms with Gasteiger partial charge in [-0.3, -0.25) is 0 Å². The van der Waals surface area contributed by atoms with Crippen LogP contribution >= 0.6 is 11.6 Å². The van der Waals surface area contributed by atoms with Crippen molar-refractivity contribution in [2.24, 2.45) is 11.7 Å². The highest BCUT2D eigenvalue weighted by Gasteiger charge is 2.25. The van der Waals surface area contributed by atoms with Crippen LogP contribution in [0.3, 0.4) is 0 Å². The first-order valence-corrected chi connectivity index (χ1v) is 7.89. The van der Waals surface area contributed by atoms with Crippen LogP contribution in [0.1, 0.15) is 48.9 Å². The highest BCUT2D eigenvalue weighted by molar-refractivity contribution is 6.30. The summed E-state index contributed by atoms with van der Waals surface area (Å²) in [5, 5.41) is 4.84. The van der Waals surface area contributed by atoms with Gasteiger partial charge in [-0.25, -0.2) is 0 Å². The van der Waals surface area contributed by atoms with E-state index in [4.69, 9.17) is 21.9 Å². The Kier molecular flexibility index (Phi) is 4.56. The SMILES string of the molecule is NCC1CCC(c2nc(Cc3ccc(Cl)cc3)no2)CC1. The quantitative estimate of drug-likeness (QED) is 0.938. The minimum absolute atomic E-state index is 0.402. The summed E-state index contributed by atoms with van der Waals surface area (Å²) in [5.74, 6) is 2.60. The molecule has 5 heteroatoms. The molecule has 21 heavy (non-hydrogen) atoms. The Balaban J connectivity index is 1.62. The summed E-state index contributed by atoms with van der Waals surface area (Å²) >= 11 is 5.89. The van der Waals surface area contributed by atoms with Gasteiger partial charge in [0.1, 0.15) is 0 Å². The zero-order valence-corrected chi connectivity index (χ0v) is 12.7. The fourth-order valence-corrected chi connectivity index (χ4v) is 3.06. The van der Waals surface area contributed by atoms with Crippen LogP contribution in [-0.4, -0.2) is 16.7 Å². The molecule has 0 saturated heterocycles. The van der Waals surface area contributed by atoms with Gasteiger partial charge in [-0.1, -0.05) is 28.9 Å². The highest BCUT2D eigenvalue weighted by atomic mass is 35.5. The predicted molar refractivity (Wildman–Crippen MR) is 82.3 cm³/mol. The average molecular weight is 306 g/mol. The standard InChI is InChI=1S/C16H20ClN3O/c17-14-7-3-11(4-8-14)9-15-19-16(21-20-15)13-5-1-12(10-18)2-6-13/h3-4,7-8,12-13H,1-2,5-6,9-10,18H2. The lowest BCUT2D eigenvalue weighted by atomic mass is 9.82. The molecule has 0 amide bonds. The third-order valence-corrected chi connectivity index (χ3v) is 4.54. The van der Waals surface area contributed by atoms with Crippen molar-refractivity contribution < 1.29 is 4.52 Å². The lowest BCUT2D eigenvalue weighted by molar-refractivity contribution is 0.274. The summed E-state index contributed by atoms with van der Waals surface area (Å²) in [6.07, 6.45) is 5.21. The number of hydrogen-bond acceptors (Lipinski definition) is 4. The molecule has 3 rings (SSSR count). The Morgan fingerprint density at radius 2 is 1.86 bits per heavy atom. The molecule has 4 nitrogen and oxygen atoms in total. The minimum Gasteiger partial charge on any atom is -0.339 e. The van der Waals surface area contributed by atoms with E-state index in [0.717, 1.165) is 54.5 Å². The molecule has 1 aliphatic rings. The molecule has 1 aliphatic carbocycles. The maximum absolute atomic E-state index is 5.89. The molecule has 1 saturated carbocycles. The van der Waals surface area contributed by atoms with Crippen LogP contribution in [0.4, 0.5) is 0 Å². The van der Waals surface area contributed by atoms with Gasteiger partial charge < -0.3 is 10.3 Å². The normalized spacial score (nSPS) is 22.4. The molecule has 1 fully saturated rings. The Morgan fingerprint density at radius 1 is 1.14 bits per heavy atom. The van der Waals surface area contributed by atoms with Crippen molar-refractivity contribution in [3.05, 3.63) is 46.6 Å². The van der Waals surface area contributed by atoms with E-state index < -0.39 is 0 Å². The summed E-state index contributed by atoms with van der Waals surface area (Å²) in [7, 11) is 0. The Hall–Kier alpha value is -1.39. The van der Waals surface area contributed by atoms with Crippen molar-refractivity contribution in [3.8, 4) is 0 Å². The number of hydrogen-bond donors (Lipinski definition) is 1. The topological polar surface area (TPSA) is 64.9 Å². The van der Waals surface area contributed by atoms with E-state index in [2.05, 4.69) is 10.1 Å². The number of rotatable bonds is 4.